The van der Waals surface area contributed by atoms with Crippen LogP contribution in [0.2, 0.25) is 18.1 Å². The quantitative estimate of drug-likeness (QED) is 0.371. The van der Waals surface area contributed by atoms with E-state index in [0.29, 0.717) is 26.1 Å². The molecule has 32 heavy (non-hydrogen) atoms. The van der Waals surface area contributed by atoms with Gasteiger partial charge in [0, 0.05) is 6.42 Å². The zero-order valence-electron chi connectivity index (χ0n) is 20.2. The van der Waals surface area contributed by atoms with Crippen LogP contribution in [0.15, 0.2) is 60.7 Å². The van der Waals surface area contributed by atoms with Crippen molar-refractivity contribution in [2.75, 3.05) is 6.61 Å². The Bertz CT molecular complexity index is 807. The SMILES string of the molecule is CC(C)(C)[Si](C)(C)OC(CO[C@H]1CC[C@@H](OCc2ccccc2)C[C@@H]1F)c1ccccc1. The maximum absolute atomic E-state index is 15.0. The summed E-state index contributed by atoms with van der Waals surface area (Å²) in [6, 6.07) is 20.2. The lowest BCUT2D eigenvalue weighted by Gasteiger charge is -2.40. The van der Waals surface area contributed by atoms with Crippen LogP contribution in [0.25, 0.3) is 0 Å². The van der Waals surface area contributed by atoms with Crippen LogP contribution >= 0.6 is 0 Å². The molecule has 0 radical (unpaired) electrons. The fraction of sp³-hybridized carbons (Fsp3) is 0.556. The lowest BCUT2D eigenvalue weighted by atomic mass is 9.93. The highest BCUT2D eigenvalue weighted by molar-refractivity contribution is 6.74. The molecule has 0 bridgehead atoms. The van der Waals surface area contributed by atoms with E-state index in [2.05, 4.69) is 46.0 Å². The summed E-state index contributed by atoms with van der Waals surface area (Å²) in [6.45, 7) is 12.1. The van der Waals surface area contributed by atoms with E-state index < -0.39 is 20.6 Å². The molecule has 3 nitrogen and oxygen atoms in total. The minimum absolute atomic E-state index is 0.0570. The van der Waals surface area contributed by atoms with Gasteiger partial charge in [0.15, 0.2) is 8.32 Å². The first-order chi connectivity index (χ1) is 15.2. The van der Waals surface area contributed by atoms with Gasteiger partial charge in [-0.15, -0.1) is 0 Å². The van der Waals surface area contributed by atoms with Crippen LogP contribution in [0, 0.1) is 0 Å². The number of hydrogen-bond acceptors (Lipinski definition) is 3. The lowest BCUT2D eigenvalue weighted by molar-refractivity contribution is -0.0921. The Morgan fingerprint density at radius 1 is 0.938 bits per heavy atom. The summed E-state index contributed by atoms with van der Waals surface area (Å²) in [7, 11) is -2.00. The van der Waals surface area contributed by atoms with Crippen molar-refractivity contribution in [3.8, 4) is 0 Å². The maximum atomic E-state index is 15.0. The second kappa shape index (κ2) is 11.1. The van der Waals surface area contributed by atoms with E-state index in [9.17, 15) is 4.39 Å². The first-order valence-electron chi connectivity index (χ1n) is 11.8. The third-order valence-electron chi connectivity index (χ3n) is 6.87. The summed E-state index contributed by atoms with van der Waals surface area (Å²) in [5.74, 6) is 0. The normalized spacial score (nSPS) is 23.1. The van der Waals surface area contributed by atoms with Crippen LogP contribution in [-0.2, 0) is 20.5 Å². The summed E-state index contributed by atoms with van der Waals surface area (Å²) in [6.07, 6.45) is 0.208. The number of benzene rings is 2. The van der Waals surface area contributed by atoms with Gasteiger partial charge < -0.3 is 13.9 Å². The summed E-state index contributed by atoms with van der Waals surface area (Å²) < 4.78 is 33.8. The van der Waals surface area contributed by atoms with Crippen LogP contribution in [0.3, 0.4) is 0 Å². The largest absolute Gasteiger partial charge is 0.408 e. The molecule has 0 aliphatic heterocycles. The lowest BCUT2D eigenvalue weighted by Crippen LogP contribution is -2.43. The predicted molar refractivity (Wildman–Crippen MR) is 131 cm³/mol. The van der Waals surface area contributed by atoms with Gasteiger partial charge >= 0.3 is 0 Å². The molecule has 3 rings (SSSR count). The van der Waals surface area contributed by atoms with Gasteiger partial charge in [0.05, 0.1) is 31.5 Å². The van der Waals surface area contributed by atoms with Crippen molar-refractivity contribution in [2.45, 2.75) is 89.3 Å². The van der Waals surface area contributed by atoms with Crippen molar-refractivity contribution in [1.29, 1.82) is 0 Å². The zero-order valence-corrected chi connectivity index (χ0v) is 21.2. The molecule has 2 aromatic carbocycles. The van der Waals surface area contributed by atoms with E-state index in [4.69, 9.17) is 13.9 Å². The van der Waals surface area contributed by atoms with Crippen molar-refractivity contribution >= 4 is 8.32 Å². The zero-order chi connectivity index (χ0) is 23.2. The predicted octanol–water partition coefficient (Wildman–Crippen LogP) is 7.24. The van der Waals surface area contributed by atoms with Crippen molar-refractivity contribution in [2.24, 2.45) is 0 Å². The van der Waals surface area contributed by atoms with E-state index in [1.165, 1.54) is 0 Å². The molecule has 176 valence electrons. The third kappa shape index (κ3) is 6.98. The van der Waals surface area contributed by atoms with Gasteiger partial charge in [-0.3, -0.25) is 0 Å². The van der Waals surface area contributed by atoms with E-state index in [1.807, 2.05) is 48.5 Å². The molecule has 1 aliphatic carbocycles. The Kier molecular flexibility index (Phi) is 8.67. The summed E-state index contributed by atoms with van der Waals surface area (Å²) in [5, 5.41) is 0.0941. The van der Waals surface area contributed by atoms with Crippen LogP contribution in [-0.4, -0.2) is 33.3 Å². The average Bonchev–Trinajstić information content (AvgIpc) is 2.76. The van der Waals surface area contributed by atoms with E-state index in [-0.39, 0.29) is 17.2 Å². The monoisotopic (exact) mass is 458 g/mol. The fourth-order valence-electron chi connectivity index (χ4n) is 3.79. The second-order valence-corrected chi connectivity index (χ2v) is 15.2. The number of ether oxygens (including phenoxy) is 2. The van der Waals surface area contributed by atoms with Gasteiger partial charge in [0.25, 0.3) is 0 Å². The van der Waals surface area contributed by atoms with Gasteiger partial charge in [-0.05, 0) is 42.1 Å². The molecule has 1 saturated carbocycles. The van der Waals surface area contributed by atoms with Crippen molar-refractivity contribution in [3.05, 3.63) is 71.8 Å². The van der Waals surface area contributed by atoms with Gasteiger partial charge in [0.2, 0.25) is 0 Å². The molecule has 2 aromatic rings. The molecule has 0 aromatic heterocycles. The minimum Gasteiger partial charge on any atom is -0.408 e. The molecule has 0 saturated heterocycles. The molecular formula is C27H39FO3Si. The van der Waals surface area contributed by atoms with Crippen LogP contribution in [0.5, 0.6) is 0 Å². The van der Waals surface area contributed by atoms with Gasteiger partial charge in [0.1, 0.15) is 6.17 Å². The minimum atomic E-state index is -2.00. The number of hydrogen-bond donors (Lipinski definition) is 0. The maximum Gasteiger partial charge on any atom is 0.193 e. The highest BCUT2D eigenvalue weighted by Gasteiger charge is 2.40. The molecule has 4 atom stereocenters. The summed E-state index contributed by atoms with van der Waals surface area (Å²) in [5.41, 5.74) is 2.21. The van der Waals surface area contributed by atoms with Crippen molar-refractivity contribution < 1.29 is 18.3 Å². The Hall–Kier alpha value is -1.53. The molecular weight excluding hydrogens is 419 g/mol. The molecule has 0 N–H and O–H groups in total. The smallest absolute Gasteiger partial charge is 0.193 e. The van der Waals surface area contributed by atoms with Crippen molar-refractivity contribution in [3.63, 3.8) is 0 Å². The Labute approximate surface area is 194 Å². The van der Waals surface area contributed by atoms with Crippen LogP contribution in [0.4, 0.5) is 4.39 Å². The van der Waals surface area contributed by atoms with Crippen LogP contribution < -0.4 is 0 Å². The molecule has 0 spiro atoms. The van der Waals surface area contributed by atoms with Gasteiger partial charge in [-0.1, -0.05) is 81.4 Å². The molecule has 0 heterocycles. The molecule has 0 amide bonds. The third-order valence-corrected chi connectivity index (χ3v) is 11.4. The number of halogens is 1. The molecule has 5 heteroatoms. The van der Waals surface area contributed by atoms with Gasteiger partial charge in [-0.2, -0.15) is 0 Å². The number of alkyl halides is 1. The Morgan fingerprint density at radius 3 is 2.16 bits per heavy atom. The standard InChI is InChI=1S/C27H39FO3Si/c1-27(2,3)32(4,5)31-26(22-14-10-7-11-15-22)20-30-25-17-16-23(18-24(25)28)29-19-21-12-8-6-9-13-21/h6-15,23-26H,16-20H2,1-5H3/t23-,24+,25+,26?/m1/s1. The van der Waals surface area contributed by atoms with Crippen LogP contribution in [0.1, 0.15) is 57.3 Å². The summed E-state index contributed by atoms with van der Waals surface area (Å²) >= 11 is 0. The molecule has 1 fully saturated rings. The fourth-order valence-corrected chi connectivity index (χ4v) is 5.06. The Balaban J connectivity index is 1.55. The van der Waals surface area contributed by atoms with E-state index >= 15 is 0 Å². The number of rotatable bonds is 9. The molecule has 1 unspecified atom stereocenters. The van der Waals surface area contributed by atoms with E-state index in [1.54, 1.807) is 0 Å². The highest BCUT2D eigenvalue weighted by Crippen LogP contribution is 2.40. The van der Waals surface area contributed by atoms with Crippen molar-refractivity contribution in [1.82, 2.24) is 0 Å². The average molecular weight is 459 g/mol. The second-order valence-electron chi connectivity index (χ2n) is 10.4. The van der Waals surface area contributed by atoms with E-state index in [0.717, 1.165) is 17.5 Å². The topological polar surface area (TPSA) is 27.7 Å². The first-order valence-corrected chi connectivity index (χ1v) is 14.7. The van der Waals surface area contributed by atoms with Gasteiger partial charge in [-0.25, -0.2) is 4.39 Å². The summed E-state index contributed by atoms with van der Waals surface area (Å²) in [4.78, 5) is 0. The Morgan fingerprint density at radius 2 is 1.56 bits per heavy atom. The first kappa shape index (κ1) is 25.1. The highest BCUT2D eigenvalue weighted by atomic mass is 28.4. The molecule has 1 aliphatic rings.